The summed E-state index contributed by atoms with van der Waals surface area (Å²) < 4.78 is 18.1. The fraction of sp³-hybridized carbons (Fsp3) is 0.556. The summed E-state index contributed by atoms with van der Waals surface area (Å²) in [4.78, 5) is 23.0. The number of hydrogen-bond acceptors (Lipinski definition) is 7. The van der Waals surface area contributed by atoms with E-state index >= 15 is 0 Å². The highest BCUT2D eigenvalue weighted by Gasteiger charge is 2.28. The van der Waals surface area contributed by atoms with Crippen LogP contribution in [0, 0.1) is 0 Å². The third-order valence-electron chi connectivity index (χ3n) is 1.66. The largest absolute Gasteiger partial charge is 0.496 e. The molecular weight excluding hydrogens is 251 g/mol. The van der Waals surface area contributed by atoms with Crippen LogP contribution in [0.25, 0.3) is 0 Å². The molecule has 0 saturated heterocycles. The number of methoxy groups -OCH3 is 3. The summed E-state index contributed by atoms with van der Waals surface area (Å²) >= 11 is 0. The van der Waals surface area contributed by atoms with Crippen LogP contribution >= 0.6 is 8.58 Å². The van der Waals surface area contributed by atoms with Gasteiger partial charge in [-0.1, -0.05) is 8.58 Å². The van der Waals surface area contributed by atoms with Gasteiger partial charge in [-0.3, -0.25) is 0 Å². The standard InChI is InChI=1S/C9H15O7P/c1-13-6(10)5(8(14-2)17-4)7(11)16-9(12)15-3/h9,12,17H,1-4H3/b8-5-. The highest BCUT2D eigenvalue weighted by Crippen LogP contribution is 2.25. The van der Waals surface area contributed by atoms with Crippen LogP contribution in [-0.4, -0.2) is 51.5 Å². The molecule has 0 aromatic heterocycles. The fourth-order valence-corrected chi connectivity index (χ4v) is 1.56. The molecule has 1 N–H and O–H groups in total. The van der Waals surface area contributed by atoms with Crippen molar-refractivity contribution in [1.29, 1.82) is 0 Å². The lowest BCUT2D eigenvalue weighted by atomic mass is 10.3. The Morgan fingerprint density at radius 3 is 2.06 bits per heavy atom. The summed E-state index contributed by atoms with van der Waals surface area (Å²) in [5.41, 5.74) is -0.267. The first-order valence-electron chi connectivity index (χ1n) is 4.47. The molecule has 0 rings (SSSR count). The summed E-state index contributed by atoms with van der Waals surface area (Å²) in [7, 11) is 3.62. The summed E-state index contributed by atoms with van der Waals surface area (Å²) in [5.74, 6) is -1.97. The zero-order chi connectivity index (χ0) is 13.4. The highest BCUT2D eigenvalue weighted by atomic mass is 31.1. The topological polar surface area (TPSA) is 91.3 Å². The van der Waals surface area contributed by atoms with Crippen molar-refractivity contribution < 1.29 is 33.6 Å². The Balaban J connectivity index is 5.13. The minimum atomic E-state index is -1.75. The maximum atomic E-state index is 11.6. The van der Waals surface area contributed by atoms with Gasteiger partial charge < -0.3 is 24.1 Å². The molecule has 2 atom stereocenters. The van der Waals surface area contributed by atoms with Crippen LogP contribution in [0.3, 0.4) is 0 Å². The molecule has 8 heteroatoms. The molecule has 0 aliphatic heterocycles. The molecule has 0 aliphatic rings. The maximum absolute atomic E-state index is 11.6. The average Bonchev–Trinajstić information content (AvgIpc) is 2.34. The highest BCUT2D eigenvalue weighted by molar-refractivity contribution is 7.42. The first kappa shape index (κ1) is 15.8. The lowest BCUT2D eigenvalue weighted by Gasteiger charge is -2.13. The molecule has 0 aromatic rings. The average molecular weight is 266 g/mol. The Morgan fingerprint density at radius 1 is 1.12 bits per heavy atom. The SMILES string of the molecule is COC(=O)/C(C(=O)OC(O)OC)=C(\OC)PC. The minimum absolute atomic E-state index is 0.0484. The van der Waals surface area contributed by atoms with E-state index in [0.29, 0.717) is 0 Å². The second kappa shape index (κ2) is 8.00. The third kappa shape index (κ3) is 4.68. The molecule has 7 nitrogen and oxygen atoms in total. The number of carbonyl (C=O) groups excluding carboxylic acids is 2. The lowest BCUT2D eigenvalue weighted by Crippen LogP contribution is -2.25. The Kier molecular flexibility index (Phi) is 7.45. The Morgan fingerprint density at radius 2 is 1.71 bits per heavy atom. The lowest BCUT2D eigenvalue weighted by molar-refractivity contribution is -0.239. The number of aliphatic hydroxyl groups is 1. The molecule has 0 bridgehead atoms. The molecular formula is C9H15O7P. The summed E-state index contributed by atoms with van der Waals surface area (Å²) in [6.45, 7) is -0.0395. The van der Waals surface area contributed by atoms with Gasteiger partial charge in [0.05, 0.1) is 14.2 Å². The fourth-order valence-electron chi connectivity index (χ4n) is 0.899. The van der Waals surface area contributed by atoms with Gasteiger partial charge in [0, 0.05) is 7.11 Å². The van der Waals surface area contributed by atoms with E-state index in [1.807, 2.05) is 0 Å². The van der Waals surface area contributed by atoms with Gasteiger partial charge in [-0.2, -0.15) is 0 Å². The maximum Gasteiger partial charge on any atom is 0.353 e. The molecule has 0 spiro atoms. The molecule has 2 unspecified atom stereocenters. The van der Waals surface area contributed by atoms with Gasteiger partial charge in [0.2, 0.25) is 0 Å². The molecule has 0 heterocycles. The number of ether oxygens (including phenoxy) is 4. The van der Waals surface area contributed by atoms with Crippen LogP contribution in [0.1, 0.15) is 0 Å². The zero-order valence-corrected chi connectivity index (χ0v) is 11.0. The number of hydrogen-bond donors (Lipinski definition) is 1. The van der Waals surface area contributed by atoms with Gasteiger partial charge in [0.15, 0.2) is 5.57 Å². The normalized spacial score (nSPS) is 14.2. The predicted octanol–water partition coefficient (Wildman–Crippen LogP) is -0.209. The molecule has 17 heavy (non-hydrogen) atoms. The van der Waals surface area contributed by atoms with Crippen molar-refractivity contribution in [3.8, 4) is 0 Å². The number of rotatable bonds is 6. The predicted molar refractivity (Wildman–Crippen MR) is 59.4 cm³/mol. The summed E-state index contributed by atoms with van der Waals surface area (Å²) in [6.07, 6.45) is 0. The van der Waals surface area contributed by atoms with Gasteiger partial charge in [0.1, 0.15) is 5.50 Å². The number of carbonyl (C=O) groups is 2. The van der Waals surface area contributed by atoms with Crippen molar-refractivity contribution in [3.05, 3.63) is 11.1 Å². The van der Waals surface area contributed by atoms with Crippen molar-refractivity contribution in [2.75, 3.05) is 28.0 Å². The molecule has 0 aromatic carbocycles. The number of esters is 2. The molecule has 0 radical (unpaired) electrons. The van der Waals surface area contributed by atoms with E-state index in [1.54, 1.807) is 6.66 Å². The van der Waals surface area contributed by atoms with Gasteiger partial charge in [-0.15, -0.1) is 0 Å². The van der Waals surface area contributed by atoms with Crippen molar-refractivity contribution in [1.82, 2.24) is 0 Å². The van der Waals surface area contributed by atoms with E-state index in [2.05, 4.69) is 14.2 Å². The van der Waals surface area contributed by atoms with Gasteiger partial charge in [-0.05, 0) is 6.66 Å². The smallest absolute Gasteiger partial charge is 0.353 e. The van der Waals surface area contributed by atoms with E-state index in [0.717, 1.165) is 14.2 Å². The van der Waals surface area contributed by atoms with Crippen LogP contribution in [0.15, 0.2) is 11.1 Å². The molecule has 0 saturated carbocycles. The Labute approximate surface area is 100 Å². The number of aliphatic hydroxyl groups excluding tert-OH is 1. The Hall–Kier alpha value is -1.17. The second-order valence-electron chi connectivity index (χ2n) is 2.60. The van der Waals surface area contributed by atoms with Crippen LogP contribution in [0.4, 0.5) is 0 Å². The van der Waals surface area contributed by atoms with E-state index in [-0.39, 0.29) is 14.1 Å². The molecule has 0 amide bonds. The summed E-state index contributed by atoms with van der Waals surface area (Å²) in [5, 5.41) is 8.98. The van der Waals surface area contributed by atoms with E-state index in [9.17, 15) is 9.59 Å². The van der Waals surface area contributed by atoms with Gasteiger partial charge in [0.25, 0.3) is 0 Å². The quantitative estimate of drug-likeness (QED) is 0.135. The first-order chi connectivity index (χ1) is 8.01. The van der Waals surface area contributed by atoms with Crippen LogP contribution in [0.2, 0.25) is 0 Å². The van der Waals surface area contributed by atoms with E-state index in [4.69, 9.17) is 9.84 Å². The van der Waals surface area contributed by atoms with Gasteiger partial charge >= 0.3 is 18.4 Å². The van der Waals surface area contributed by atoms with Crippen LogP contribution in [-0.2, 0) is 28.5 Å². The second-order valence-corrected chi connectivity index (χ2v) is 3.55. The minimum Gasteiger partial charge on any atom is -0.496 e. The van der Waals surface area contributed by atoms with Crippen molar-refractivity contribution in [2.24, 2.45) is 0 Å². The van der Waals surface area contributed by atoms with Crippen molar-refractivity contribution >= 4 is 20.5 Å². The van der Waals surface area contributed by atoms with Gasteiger partial charge in [-0.25, -0.2) is 9.59 Å². The van der Waals surface area contributed by atoms with Crippen molar-refractivity contribution in [3.63, 3.8) is 0 Å². The first-order valence-corrected chi connectivity index (χ1v) is 5.97. The van der Waals surface area contributed by atoms with Crippen molar-refractivity contribution in [2.45, 2.75) is 6.48 Å². The molecule has 0 fully saturated rings. The third-order valence-corrected chi connectivity index (χ3v) is 2.57. The van der Waals surface area contributed by atoms with Crippen LogP contribution < -0.4 is 0 Å². The Bertz CT molecular complexity index is 306. The van der Waals surface area contributed by atoms with Crippen LogP contribution in [0.5, 0.6) is 0 Å². The van der Waals surface area contributed by atoms with E-state index < -0.39 is 24.0 Å². The van der Waals surface area contributed by atoms with E-state index in [1.165, 1.54) is 7.11 Å². The monoisotopic (exact) mass is 266 g/mol. The zero-order valence-electron chi connectivity index (χ0n) is 9.97. The molecule has 0 aliphatic carbocycles. The molecule has 98 valence electrons. The summed E-state index contributed by atoms with van der Waals surface area (Å²) in [6, 6.07) is 0.